The summed E-state index contributed by atoms with van der Waals surface area (Å²) in [4.78, 5) is 12.1. The molecule has 2 aromatic carbocycles. The summed E-state index contributed by atoms with van der Waals surface area (Å²) in [5, 5.41) is 3.83. The van der Waals surface area contributed by atoms with Crippen molar-refractivity contribution < 1.29 is 9.53 Å². The van der Waals surface area contributed by atoms with Gasteiger partial charge < -0.3 is 10.1 Å². The van der Waals surface area contributed by atoms with Gasteiger partial charge in [0.2, 0.25) is 0 Å². The summed E-state index contributed by atoms with van der Waals surface area (Å²) in [6.07, 6.45) is 0. The first-order chi connectivity index (χ1) is 9.70. The van der Waals surface area contributed by atoms with Crippen molar-refractivity contribution in [2.24, 2.45) is 0 Å². The van der Waals surface area contributed by atoms with E-state index < -0.39 is 6.04 Å². The summed E-state index contributed by atoms with van der Waals surface area (Å²) in [5.74, 6) is -0.298. The molecule has 0 spiro atoms. The van der Waals surface area contributed by atoms with Gasteiger partial charge in [0.25, 0.3) is 0 Å². The highest BCUT2D eigenvalue weighted by atomic mass is 35.5. The number of halogens is 1. The van der Waals surface area contributed by atoms with Crippen LogP contribution in [0.5, 0.6) is 0 Å². The van der Waals surface area contributed by atoms with Gasteiger partial charge in [-0.3, -0.25) is 0 Å². The van der Waals surface area contributed by atoms with Crippen LogP contribution in [-0.2, 0) is 9.53 Å². The Morgan fingerprint density at radius 1 is 1.15 bits per heavy atom. The highest BCUT2D eigenvalue weighted by Crippen LogP contribution is 2.22. The number of carbonyl (C=O) groups is 1. The minimum atomic E-state index is -0.530. The van der Waals surface area contributed by atoms with Crippen molar-refractivity contribution in [3.63, 3.8) is 0 Å². The lowest BCUT2D eigenvalue weighted by molar-refractivity contribution is -0.144. The molecule has 0 unspecified atom stereocenters. The van der Waals surface area contributed by atoms with E-state index >= 15 is 0 Å². The van der Waals surface area contributed by atoms with Gasteiger partial charge in [0.1, 0.15) is 0 Å². The van der Waals surface area contributed by atoms with E-state index in [2.05, 4.69) is 5.32 Å². The number of hydrogen-bond donors (Lipinski definition) is 1. The van der Waals surface area contributed by atoms with Crippen LogP contribution in [0.1, 0.15) is 18.5 Å². The number of benzene rings is 2. The van der Waals surface area contributed by atoms with Gasteiger partial charge in [-0.25, -0.2) is 4.79 Å². The molecule has 2 rings (SSSR count). The zero-order valence-electron chi connectivity index (χ0n) is 11.2. The number of anilines is 1. The second-order valence-corrected chi connectivity index (χ2v) is 4.68. The van der Waals surface area contributed by atoms with E-state index in [1.165, 1.54) is 0 Å². The highest BCUT2D eigenvalue weighted by Gasteiger charge is 2.21. The maximum atomic E-state index is 12.1. The van der Waals surface area contributed by atoms with Gasteiger partial charge >= 0.3 is 5.97 Å². The molecule has 0 aliphatic heterocycles. The highest BCUT2D eigenvalue weighted by molar-refractivity contribution is 6.30. The molecule has 0 heterocycles. The van der Waals surface area contributed by atoms with Gasteiger partial charge in [-0.1, -0.05) is 41.9 Å². The average Bonchev–Trinajstić information content (AvgIpc) is 2.48. The van der Waals surface area contributed by atoms with Crippen LogP contribution >= 0.6 is 11.6 Å². The molecule has 0 fully saturated rings. The second kappa shape index (κ2) is 6.96. The smallest absolute Gasteiger partial charge is 0.333 e. The lowest BCUT2D eigenvalue weighted by Crippen LogP contribution is -2.23. The molecule has 0 aliphatic rings. The largest absolute Gasteiger partial charge is 0.464 e. The van der Waals surface area contributed by atoms with E-state index in [0.717, 1.165) is 11.3 Å². The zero-order valence-corrected chi connectivity index (χ0v) is 11.9. The van der Waals surface area contributed by atoms with Crippen LogP contribution in [0.3, 0.4) is 0 Å². The van der Waals surface area contributed by atoms with Crippen molar-refractivity contribution in [3.8, 4) is 0 Å². The first-order valence-corrected chi connectivity index (χ1v) is 6.82. The first-order valence-electron chi connectivity index (χ1n) is 6.44. The standard InChI is InChI=1S/C16H16ClNO2/c1-2-20-16(19)15(12-6-4-3-5-7-12)18-14-10-8-13(17)9-11-14/h3-11,15,18H,2H2,1H3/t15-/m1/s1. The molecule has 104 valence electrons. The van der Waals surface area contributed by atoms with Crippen LogP contribution in [0.2, 0.25) is 5.02 Å². The van der Waals surface area contributed by atoms with Crippen LogP contribution in [0.15, 0.2) is 54.6 Å². The quantitative estimate of drug-likeness (QED) is 0.844. The predicted molar refractivity (Wildman–Crippen MR) is 80.9 cm³/mol. The van der Waals surface area contributed by atoms with Gasteiger partial charge in [-0.15, -0.1) is 0 Å². The fourth-order valence-electron chi connectivity index (χ4n) is 1.86. The van der Waals surface area contributed by atoms with Crippen molar-refractivity contribution in [2.45, 2.75) is 13.0 Å². The Hall–Kier alpha value is -2.00. The number of hydrogen-bond acceptors (Lipinski definition) is 3. The molecule has 2 aromatic rings. The minimum absolute atomic E-state index is 0.298. The molecule has 0 saturated carbocycles. The first kappa shape index (κ1) is 14.4. The molecule has 0 saturated heterocycles. The molecule has 0 aliphatic carbocycles. The Bertz CT molecular complexity index is 554. The SMILES string of the molecule is CCOC(=O)[C@H](Nc1ccc(Cl)cc1)c1ccccc1. The van der Waals surface area contributed by atoms with Gasteiger partial charge in [0.15, 0.2) is 6.04 Å². The summed E-state index contributed by atoms with van der Waals surface area (Å²) < 4.78 is 5.13. The van der Waals surface area contributed by atoms with E-state index in [4.69, 9.17) is 16.3 Å². The molecule has 4 heteroatoms. The number of nitrogens with one attached hydrogen (secondary N) is 1. The van der Waals surface area contributed by atoms with Gasteiger partial charge in [0, 0.05) is 10.7 Å². The van der Waals surface area contributed by atoms with Gasteiger partial charge in [0.05, 0.1) is 6.61 Å². The average molecular weight is 290 g/mol. The summed E-state index contributed by atoms with van der Waals surface area (Å²) in [7, 11) is 0. The lowest BCUT2D eigenvalue weighted by atomic mass is 10.1. The monoisotopic (exact) mass is 289 g/mol. The molecule has 0 radical (unpaired) electrons. The molecule has 1 N–H and O–H groups in total. The molecular weight excluding hydrogens is 274 g/mol. The summed E-state index contributed by atoms with van der Waals surface area (Å²) >= 11 is 5.86. The fourth-order valence-corrected chi connectivity index (χ4v) is 1.99. The molecule has 0 aromatic heterocycles. The van der Waals surface area contributed by atoms with Crippen LogP contribution in [0.25, 0.3) is 0 Å². The lowest BCUT2D eigenvalue weighted by Gasteiger charge is -2.18. The van der Waals surface area contributed by atoms with E-state index in [-0.39, 0.29) is 5.97 Å². The Morgan fingerprint density at radius 2 is 1.80 bits per heavy atom. The normalized spacial score (nSPS) is 11.7. The van der Waals surface area contributed by atoms with Crippen LogP contribution < -0.4 is 5.32 Å². The third-order valence-corrected chi connectivity index (χ3v) is 3.06. The molecule has 3 nitrogen and oxygen atoms in total. The van der Waals surface area contributed by atoms with Crippen LogP contribution in [-0.4, -0.2) is 12.6 Å². The van der Waals surface area contributed by atoms with Crippen molar-refractivity contribution in [1.29, 1.82) is 0 Å². The van der Waals surface area contributed by atoms with Crippen molar-refractivity contribution in [3.05, 3.63) is 65.2 Å². The fraction of sp³-hybridized carbons (Fsp3) is 0.188. The molecule has 0 bridgehead atoms. The topological polar surface area (TPSA) is 38.3 Å². The molecule has 0 amide bonds. The summed E-state index contributed by atoms with van der Waals surface area (Å²) in [5.41, 5.74) is 1.68. The van der Waals surface area contributed by atoms with E-state index in [0.29, 0.717) is 11.6 Å². The summed E-state index contributed by atoms with van der Waals surface area (Å²) in [6, 6.07) is 16.2. The van der Waals surface area contributed by atoms with Gasteiger partial charge in [-0.2, -0.15) is 0 Å². The van der Waals surface area contributed by atoms with E-state index in [1.807, 2.05) is 42.5 Å². The van der Waals surface area contributed by atoms with Crippen molar-refractivity contribution in [2.75, 3.05) is 11.9 Å². The maximum Gasteiger partial charge on any atom is 0.333 e. The number of esters is 1. The molecule has 1 atom stereocenters. The minimum Gasteiger partial charge on any atom is -0.464 e. The van der Waals surface area contributed by atoms with Crippen molar-refractivity contribution >= 4 is 23.3 Å². The predicted octanol–water partition coefficient (Wildman–Crippen LogP) is 4.06. The zero-order chi connectivity index (χ0) is 14.4. The maximum absolute atomic E-state index is 12.1. The van der Waals surface area contributed by atoms with Crippen molar-refractivity contribution in [1.82, 2.24) is 0 Å². The van der Waals surface area contributed by atoms with Crippen LogP contribution in [0.4, 0.5) is 5.69 Å². The van der Waals surface area contributed by atoms with E-state index in [9.17, 15) is 4.79 Å². The molecule has 20 heavy (non-hydrogen) atoms. The number of carbonyl (C=O) groups excluding carboxylic acids is 1. The Morgan fingerprint density at radius 3 is 2.40 bits per heavy atom. The Balaban J connectivity index is 2.23. The van der Waals surface area contributed by atoms with Crippen LogP contribution in [0, 0.1) is 0 Å². The third kappa shape index (κ3) is 3.75. The number of rotatable bonds is 5. The third-order valence-electron chi connectivity index (χ3n) is 2.81. The van der Waals surface area contributed by atoms with Gasteiger partial charge in [-0.05, 0) is 36.8 Å². The van der Waals surface area contributed by atoms with E-state index in [1.54, 1.807) is 19.1 Å². The second-order valence-electron chi connectivity index (χ2n) is 4.25. The summed E-state index contributed by atoms with van der Waals surface area (Å²) in [6.45, 7) is 2.15. The molecular formula is C16H16ClNO2. The number of ether oxygens (including phenoxy) is 1. The Labute approximate surface area is 123 Å². The Kier molecular flexibility index (Phi) is 5.02.